The van der Waals surface area contributed by atoms with Crippen molar-refractivity contribution in [3.63, 3.8) is 0 Å². The number of carboxylic acids is 2. The molecule has 0 spiro atoms. The normalized spacial score (nSPS) is 27.9. The highest BCUT2D eigenvalue weighted by Crippen LogP contribution is 2.31. The van der Waals surface area contributed by atoms with Gasteiger partial charge in [-0.05, 0) is 64.5 Å². The SMILES string of the molecule is N#C[C@]1(C(N)=O)CCCN1C(=O)[C@@H]1CCCN1.N#C[C@]1(C(N)=O)CCCN1C(=O)[C@@H]1CCCN1.O=C(O)CCC(=O)O. The first-order chi connectivity index (χ1) is 19.9. The van der Waals surface area contributed by atoms with Crippen molar-refractivity contribution in [1.29, 1.82) is 10.5 Å². The number of aliphatic carboxylic acids is 2. The summed E-state index contributed by atoms with van der Waals surface area (Å²) in [7, 11) is 0. The standard InChI is InChI=1S/2C11H16N4O2.C4H6O4/c2*12-7-11(10(13)17)4-2-6-15(11)9(16)8-3-1-5-14-8;5-3(6)1-2-4(7)8/h2*8,14H,1-6H2,(H2,13,17);1-2H2,(H,5,6)(H,7,8)/t2*8-,11-;/m00./s1. The van der Waals surface area contributed by atoms with Gasteiger partial charge in [-0.15, -0.1) is 0 Å². The molecule has 4 amide bonds. The Labute approximate surface area is 242 Å². The van der Waals surface area contributed by atoms with Gasteiger partial charge in [0.2, 0.25) is 22.9 Å². The number of primary amides is 2. The van der Waals surface area contributed by atoms with Crippen molar-refractivity contribution in [2.45, 2.75) is 87.4 Å². The molecule has 0 aliphatic carbocycles. The van der Waals surface area contributed by atoms with Gasteiger partial charge in [0.15, 0.2) is 0 Å². The van der Waals surface area contributed by atoms with Crippen LogP contribution in [0.5, 0.6) is 0 Å². The Bertz CT molecular complexity index is 1050. The molecule has 0 radical (unpaired) electrons. The zero-order valence-electron chi connectivity index (χ0n) is 23.3. The molecule has 8 N–H and O–H groups in total. The first kappa shape index (κ1) is 33.9. The number of carboxylic acid groups (broad SMARTS) is 2. The monoisotopic (exact) mass is 590 g/mol. The fourth-order valence-corrected chi connectivity index (χ4v) is 5.47. The molecule has 16 nitrogen and oxygen atoms in total. The lowest BCUT2D eigenvalue weighted by Crippen LogP contribution is -2.58. The average Bonchev–Trinajstić information content (AvgIpc) is 3.77. The van der Waals surface area contributed by atoms with Crippen molar-refractivity contribution in [3.8, 4) is 12.1 Å². The molecule has 4 atom stereocenters. The van der Waals surface area contributed by atoms with Gasteiger partial charge in [-0.25, -0.2) is 0 Å². The summed E-state index contributed by atoms with van der Waals surface area (Å²) in [5, 5.41) is 40.3. The number of hydrogen-bond acceptors (Lipinski definition) is 10. The van der Waals surface area contributed by atoms with Crippen molar-refractivity contribution in [2.75, 3.05) is 26.2 Å². The summed E-state index contributed by atoms with van der Waals surface area (Å²) in [5.41, 5.74) is 7.73. The van der Waals surface area contributed by atoms with Gasteiger partial charge in [-0.3, -0.25) is 28.8 Å². The fourth-order valence-electron chi connectivity index (χ4n) is 5.47. The van der Waals surface area contributed by atoms with Gasteiger partial charge in [-0.2, -0.15) is 10.5 Å². The Morgan fingerprint density at radius 3 is 1.31 bits per heavy atom. The fraction of sp³-hybridized carbons (Fsp3) is 0.692. The molecule has 16 heteroatoms. The van der Waals surface area contributed by atoms with Crippen molar-refractivity contribution < 1.29 is 39.0 Å². The van der Waals surface area contributed by atoms with E-state index in [9.17, 15) is 39.3 Å². The number of nitriles is 2. The number of rotatable bonds is 7. The summed E-state index contributed by atoms with van der Waals surface area (Å²) < 4.78 is 0. The Morgan fingerprint density at radius 1 is 0.714 bits per heavy atom. The van der Waals surface area contributed by atoms with Crippen LogP contribution in [0.4, 0.5) is 0 Å². The van der Waals surface area contributed by atoms with Gasteiger partial charge in [-0.1, -0.05) is 0 Å². The molecule has 4 heterocycles. The molecule has 42 heavy (non-hydrogen) atoms. The van der Waals surface area contributed by atoms with Crippen molar-refractivity contribution >= 4 is 35.6 Å². The topological polar surface area (TPSA) is 273 Å². The predicted molar refractivity (Wildman–Crippen MR) is 144 cm³/mol. The van der Waals surface area contributed by atoms with Crippen LogP contribution in [0.3, 0.4) is 0 Å². The molecule has 0 aromatic heterocycles. The van der Waals surface area contributed by atoms with E-state index >= 15 is 0 Å². The van der Waals surface area contributed by atoms with E-state index < -0.39 is 34.8 Å². The third kappa shape index (κ3) is 7.71. The summed E-state index contributed by atoms with van der Waals surface area (Å²) >= 11 is 0. The van der Waals surface area contributed by atoms with Gasteiger partial charge < -0.3 is 42.1 Å². The maximum atomic E-state index is 12.2. The Morgan fingerprint density at radius 2 is 1.07 bits per heavy atom. The van der Waals surface area contributed by atoms with E-state index in [-0.39, 0.29) is 36.7 Å². The number of amides is 4. The number of carbonyl (C=O) groups is 6. The second-order valence-electron chi connectivity index (χ2n) is 10.4. The molecule has 4 aliphatic rings. The number of nitrogens with two attached hydrogens (primary N) is 2. The lowest BCUT2D eigenvalue weighted by atomic mass is 9.96. The zero-order chi connectivity index (χ0) is 31.5. The summed E-state index contributed by atoms with van der Waals surface area (Å²) in [6.07, 6.45) is 4.80. The van der Waals surface area contributed by atoms with Crippen molar-refractivity contribution in [1.82, 2.24) is 20.4 Å². The number of hydrogen-bond donors (Lipinski definition) is 6. The van der Waals surface area contributed by atoms with Crippen LogP contribution in [0.25, 0.3) is 0 Å². The summed E-state index contributed by atoms with van der Waals surface area (Å²) in [4.78, 5) is 69.4. The first-order valence-electron chi connectivity index (χ1n) is 13.8. The maximum absolute atomic E-state index is 12.2. The second-order valence-corrected chi connectivity index (χ2v) is 10.4. The largest absolute Gasteiger partial charge is 0.481 e. The number of likely N-dealkylation sites (tertiary alicyclic amines) is 2. The van der Waals surface area contributed by atoms with Gasteiger partial charge in [0, 0.05) is 13.1 Å². The first-order valence-corrected chi connectivity index (χ1v) is 13.8. The molecular formula is C26H38N8O8. The molecule has 4 aliphatic heterocycles. The Balaban J connectivity index is 0.000000236. The number of nitrogens with zero attached hydrogens (tertiary/aromatic N) is 4. The van der Waals surface area contributed by atoms with Gasteiger partial charge in [0.25, 0.3) is 11.8 Å². The lowest BCUT2D eigenvalue weighted by molar-refractivity contribution is -0.143. The third-order valence-electron chi connectivity index (χ3n) is 7.75. The minimum Gasteiger partial charge on any atom is -0.481 e. The van der Waals surface area contributed by atoms with Crippen LogP contribution in [0, 0.1) is 22.7 Å². The molecule has 4 fully saturated rings. The highest BCUT2D eigenvalue weighted by Gasteiger charge is 2.51. The highest BCUT2D eigenvalue weighted by atomic mass is 16.4. The van der Waals surface area contributed by atoms with Crippen molar-refractivity contribution in [2.24, 2.45) is 11.5 Å². The average molecular weight is 591 g/mol. The molecule has 4 rings (SSSR count). The zero-order valence-corrected chi connectivity index (χ0v) is 23.3. The predicted octanol–water partition coefficient (Wildman–Crippen LogP) is -1.85. The second kappa shape index (κ2) is 15.1. The van der Waals surface area contributed by atoms with E-state index in [4.69, 9.17) is 21.7 Å². The van der Waals surface area contributed by atoms with Gasteiger partial charge in [0.05, 0.1) is 24.9 Å². The van der Waals surface area contributed by atoms with Crippen LogP contribution < -0.4 is 22.1 Å². The quantitative estimate of drug-likeness (QED) is 0.191. The highest BCUT2D eigenvalue weighted by molar-refractivity contribution is 5.96. The van der Waals surface area contributed by atoms with Crippen LogP contribution in [0.15, 0.2) is 0 Å². The van der Waals surface area contributed by atoms with Crippen LogP contribution in [-0.4, -0.2) is 105 Å². The van der Waals surface area contributed by atoms with E-state index in [1.165, 1.54) is 9.80 Å². The van der Waals surface area contributed by atoms with Crippen LogP contribution in [0.1, 0.15) is 64.2 Å². The Hall–Kier alpha value is -4.28. The van der Waals surface area contributed by atoms with Gasteiger partial charge >= 0.3 is 11.9 Å². The molecule has 0 aromatic carbocycles. The molecule has 0 bridgehead atoms. The van der Waals surface area contributed by atoms with Crippen LogP contribution in [-0.2, 0) is 28.8 Å². The number of nitrogens with one attached hydrogen (secondary N) is 2. The minimum atomic E-state index is -1.43. The molecule has 4 saturated heterocycles. The summed E-state index contributed by atoms with van der Waals surface area (Å²) in [6.45, 7) is 2.49. The Kier molecular flexibility index (Phi) is 12.2. The van der Waals surface area contributed by atoms with E-state index in [0.717, 1.165) is 38.8 Å². The van der Waals surface area contributed by atoms with E-state index in [1.54, 1.807) is 0 Å². The minimum absolute atomic E-state index is 0.166. The van der Waals surface area contributed by atoms with E-state index in [0.29, 0.717) is 38.8 Å². The van der Waals surface area contributed by atoms with E-state index in [2.05, 4.69) is 10.6 Å². The lowest BCUT2D eigenvalue weighted by Gasteiger charge is -2.31. The molecule has 0 unspecified atom stereocenters. The number of carbonyl (C=O) groups excluding carboxylic acids is 4. The van der Waals surface area contributed by atoms with Gasteiger partial charge in [0.1, 0.15) is 12.1 Å². The van der Waals surface area contributed by atoms with Crippen LogP contribution >= 0.6 is 0 Å². The molecule has 230 valence electrons. The molecular weight excluding hydrogens is 552 g/mol. The summed E-state index contributed by atoms with van der Waals surface area (Å²) in [5.74, 6) is -3.92. The maximum Gasteiger partial charge on any atom is 0.303 e. The third-order valence-corrected chi connectivity index (χ3v) is 7.75. The van der Waals surface area contributed by atoms with E-state index in [1.807, 2.05) is 12.1 Å². The van der Waals surface area contributed by atoms with Crippen LogP contribution in [0.2, 0.25) is 0 Å². The molecule has 0 saturated carbocycles. The summed E-state index contributed by atoms with van der Waals surface area (Å²) in [6, 6.07) is 3.34. The van der Waals surface area contributed by atoms with Crippen molar-refractivity contribution in [3.05, 3.63) is 0 Å². The molecule has 0 aromatic rings. The smallest absolute Gasteiger partial charge is 0.303 e.